The van der Waals surface area contributed by atoms with Crippen LogP contribution in [0.25, 0.3) is 0 Å². The third-order valence-electron chi connectivity index (χ3n) is 1.50. The van der Waals surface area contributed by atoms with Crippen LogP contribution in [0, 0.1) is 5.92 Å². The molecule has 1 fully saturated rings. The summed E-state index contributed by atoms with van der Waals surface area (Å²) in [5, 5.41) is 11.7. The quantitative estimate of drug-likeness (QED) is 0.484. The minimum atomic E-state index is -1.02. The minimum absolute atomic E-state index is 0.277. The second-order valence-electron chi connectivity index (χ2n) is 2.55. The summed E-state index contributed by atoms with van der Waals surface area (Å²) in [6.45, 7) is 1.01. The Bertz CT molecular complexity index is 174. The van der Waals surface area contributed by atoms with Crippen LogP contribution < -0.4 is 0 Å². The van der Waals surface area contributed by atoms with Crippen molar-refractivity contribution in [3.8, 4) is 0 Å². The number of oxime groups is 1. The molecular formula is C7H11NO4. The van der Waals surface area contributed by atoms with Crippen LogP contribution in [0.3, 0.4) is 0 Å². The summed E-state index contributed by atoms with van der Waals surface area (Å²) in [6.07, 6.45) is 2.52. The lowest BCUT2D eigenvalue weighted by Crippen LogP contribution is -2.05. The zero-order valence-electron chi connectivity index (χ0n) is 6.60. The maximum atomic E-state index is 9.97. The van der Waals surface area contributed by atoms with Gasteiger partial charge in [-0.2, -0.15) is 0 Å². The van der Waals surface area contributed by atoms with Gasteiger partial charge in [0.15, 0.2) is 0 Å². The maximum Gasteiger partial charge on any atom is 0.344 e. The highest BCUT2D eigenvalue weighted by Crippen LogP contribution is 2.08. The van der Waals surface area contributed by atoms with E-state index in [9.17, 15) is 4.79 Å². The van der Waals surface area contributed by atoms with Crippen molar-refractivity contribution in [2.45, 2.75) is 6.42 Å². The number of hydrogen-bond acceptors (Lipinski definition) is 4. The fourth-order valence-corrected chi connectivity index (χ4v) is 0.892. The molecule has 1 aliphatic heterocycles. The number of ether oxygens (including phenoxy) is 1. The first-order valence-electron chi connectivity index (χ1n) is 3.74. The molecule has 1 unspecified atom stereocenters. The van der Waals surface area contributed by atoms with Crippen LogP contribution in [0.4, 0.5) is 0 Å². The van der Waals surface area contributed by atoms with Crippen molar-refractivity contribution in [1.82, 2.24) is 0 Å². The fraction of sp³-hybridized carbons (Fsp3) is 0.714. The van der Waals surface area contributed by atoms with Crippen LogP contribution in [0.15, 0.2) is 5.16 Å². The van der Waals surface area contributed by atoms with E-state index in [0.29, 0.717) is 6.61 Å². The molecule has 1 saturated heterocycles. The Morgan fingerprint density at radius 1 is 1.83 bits per heavy atom. The molecule has 1 atom stereocenters. The van der Waals surface area contributed by atoms with E-state index >= 15 is 0 Å². The van der Waals surface area contributed by atoms with E-state index in [2.05, 4.69) is 9.99 Å². The molecule has 0 aromatic carbocycles. The van der Waals surface area contributed by atoms with Crippen LogP contribution in [0.5, 0.6) is 0 Å². The number of aliphatic carboxylic acids is 1. The summed E-state index contributed by atoms with van der Waals surface area (Å²) >= 11 is 0. The van der Waals surface area contributed by atoms with Crippen LogP contribution >= 0.6 is 0 Å². The molecule has 0 spiro atoms. The lowest BCUT2D eigenvalue weighted by Gasteiger charge is -1.96. The van der Waals surface area contributed by atoms with Gasteiger partial charge in [0.1, 0.15) is 0 Å². The van der Waals surface area contributed by atoms with Crippen molar-refractivity contribution in [1.29, 1.82) is 0 Å². The van der Waals surface area contributed by atoms with E-state index in [1.165, 1.54) is 0 Å². The Morgan fingerprint density at radius 2 is 2.67 bits per heavy atom. The molecule has 68 valence electrons. The number of rotatable bonds is 4. The zero-order valence-corrected chi connectivity index (χ0v) is 6.60. The van der Waals surface area contributed by atoms with Gasteiger partial charge in [-0.15, -0.1) is 0 Å². The van der Waals surface area contributed by atoms with Gasteiger partial charge in [0.2, 0.25) is 6.61 Å². The second-order valence-corrected chi connectivity index (χ2v) is 2.55. The molecule has 5 nitrogen and oxygen atoms in total. The number of carboxylic acid groups (broad SMARTS) is 1. The minimum Gasteiger partial charge on any atom is -0.479 e. The number of nitrogens with zero attached hydrogens (tertiary/aromatic N) is 1. The highest BCUT2D eigenvalue weighted by Gasteiger charge is 2.12. The highest BCUT2D eigenvalue weighted by molar-refractivity contribution is 5.68. The van der Waals surface area contributed by atoms with Crippen LogP contribution in [-0.2, 0) is 14.4 Å². The average molecular weight is 173 g/mol. The SMILES string of the molecule is O=C(O)CON=CC1CCOC1. The Kier molecular flexibility index (Phi) is 3.53. The predicted molar refractivity (Wildman–Crippen MR) is 41.0 cm³/mol. The van der Waals surface area contributed by atoms with E-state index in [1.807, 2.05) is 0 Å². The number of hydrogen-bond donors (Lipinski definition) is 1. The van der Waals surface area contributed by atoms with E-state index in [0.717, 1.165) is 13.0 Å². The fourth-order valence-electron chi connectivity index (χ4n) is 0.892. The maximum absolute atomic E-state index is 9.97. The second kappa shape index (κ2) is 4.71. The smallest absolute Gasteiger partial charge is 0.344 e. The van der Waals surface area contributed by atoms with Crippen LogP contribution in [-0.4, -0.2) is 37.1 Å². The molecule has 0 aromatic rings. The lowest BCUT2D eigenvalue weighted by molar-refractivity contribution is -0.142. The van der Waals surface area contributed by atoms with Gasteiger partial charge in [0.05, 0.1) is 6.61 Å². The number of carboxylic acids is 1. The molecule has 0 radical (unpaired) electrons. The zero-order chi connectivity index (χ0) is 8.81. The Balaban J connectivity index is 2.08. The first kappa shape index (κ1) is 8.99. The molecule has 0 amide bonds. The topological polar surface area (TPSA) is 68.1 Å². The third kappa shape index (κ3) is 3.34. The van der Waals surface area contributed by atoms with Crippen LogP contribution in [0.2, 0.25) is 0 Å². The summed E-state index contributed by atoms with van der Waals surface area (Å²) in [5.41, 5.74) is 0. The van der Waals surface area contributed by atoms with Crippen molar-refractivity contribution >= 4 is 12.2 Å². The molecule has 0 saturated carbocycles. The molecule has 5 heteroatoms. The van der Waals surface area contributed by atoms with Gasteiger partial charge < -0.3 is 14.7 Å². The van der Waals surface area contributed by atoms with Gasteiger partial charge in [0.25, 0.3) is 0 Å². The molecule has 0 bridgehead atoms. The first-order chi connectivity index (χ1) is 5.79. The van der Waals surface area contributed by atoms with Gasteiger partial charge in [-0.05, 0) is 6.42 Å². The van der Waals surface area contributed by atoms with Crippen molar-refractivity contribution in [3.05, 3.63) is 0 Å². The molecular weight excluding hydrogens is 162 g/mol. The standard InChI is InChI=1S/C7H11NO4/c9-7(10)5-12-8-3-6-1-2-11-4-6/h3,6H,1-2,4-5H2,(H,9,10). The van der Waals surface area contributed by atoms with E-state index in [4.69, 9.17) is 9.84 Å². The van der Waals surface area contributed by atoms with Gasteiger partial charge in [-0.25, -0.2) is 4.79 Å². The largest absolute Gasteiger partial charge is 0.479 e. The van der Waals surface area contributed by atoms with E-state index in [1.54, 1.807) is 6.21 Å². The molecule has 0 aromatic heterocycles. The Hall–Kier alpha value is -1.10. The van der Waals surface area contributed by atoms with Crippen molar-refractivity contribution in [3.63, 3.8) is 0 Å². The van der Waals surface area contributed by atoms with Crippen molar-refractivity contribution in [2.24, 2.45) is 11.1 Å². The Morgan fingerprint density at radius 3 is 3.25 bits per heavy atom. The van der Waals surface area contributed by atoms with Crippen molar-refractivity contribution < 1.29 is 19.5 Å². The molecule has 0 aliphatic carbocycles. The molecule has 1 heterocycles. The summed E-state index contributed by atoms with van der Waals surface area (Å²) in [4.78, 5) is 14.4. The molecule has 1 N–H and O–H groups in total. The van der Waals surface area contributed by atoms with Crippen LogP contribution in [0.1, 0.15) is 6.42 Å². The normalized spacial score (nSPS) is 23.2. The third-order valence-corrected chi connectivity index (χ3v) is 1.50. The average Bonchev–Trinajstić information content (AvgIpc) is 2.49. The highest BCUT2D eigenvalue weighted by atomic mass is 16.6. The lowest BCUT2D eigenvalue weighted by atomic mass is 10.1. The van der Waals surface area contributed by atoms with Gasteiger partial charge >= 0.3 is 5.97 Å². The van der Waals surface area contributed by atoms with Gasteiger partial charge in [0, 0.05) is 18.7 Å². The van der Waals surface area contributed by atoms with E-state index < -0.39 is 5.97 Å². The summed E-state index contributed by atoms with van der Waals surface area (Å²) < 4.78 is 5.07. The van der Waals surface area contributed by atoms with Gasteiger partial charge in [-0.1, -0.05) is 5.16 Å². The van der Waals surface area contributed by atoms with E-state index in [-0.39, 0.29) is 12.5 Å². The Labute approximate surface area is 70.0 Å². The van der Waals surface area contributed by atoms with Gasteiger partial charge in [-0.3, -0.25) is 0 Å². The monoisotopic (exact) mass is 173 g/mol. The predicted octanol–water partition coefficient (Wildman–Crippen LogP) is 0.110. The number of carbonyl (C=O) groups is 1. The molecule has 12 heavy (non-hydrogen) atoms. The summed E-state index contributed by atoms with van der Waals surface area (Å²) in [7, 11) is 0. The van der Waals surface area contributed by atoms with Crippen molar-refractivity contribution in [2.75, 3.05) is 19.8 Å². The first-order valence-corrected chi connectivity index (χ1v) is 3.74. The summed E-state index contributed by atoms with van der Waals surface area (Å²) in [6, 6.07) is 0. The molecule has 1 aliphatic rings. The molecule has 1 rings (SSSR count). The summed E-state index contributed by atoms with van der Waals surface area (Å²) in [5.74, 6) is -0.742.